The Bertz CT molecular complexity index is 278. The molecule has 1 N–H and O–H groups in total. The standard InChI is InChI=1S/C10H12O/c1-7-2-4-9-8(6-7)3-5-10(9)11/h2,4,6,10-11H,3,5H2,1H3. The molecule has 0 saturated carbocycles. The Labute approximate surface area is 66.7 Å². The van der Waals surface area contributed by atoms with Gasteiger partial charge in [-0.15, -0.1) is 0 Å². The average molecular weight is 148 g/mol. The van der Waals surface area contributed by atoms with Crippen molar-refractivity contribution in [3.63, 3.8) is 0 Å². The van der Waals surface area contributed by atoms with E-state index in [-0.39, 0.29) is 6.10 Å². The maximum absolute atomic E-state index is 9.47. The summed E-state index contributed by atoms with van der Waals surface area (Å²) in [6.07, 6.45) is 1.74. The maximum Gasteiger partial charge on any atom is 0.0795 e. The molecule has 0 bridgehead atoms. The summed E-state index contributed by atoms with van der Waals surface area (Å²) in [7, 11) is 0. The summed E-state index contributed by atoms with van der Waals surface area (Å²) in [5.74, 6) is 0. The smallest absolute Gasteiger partial charge is 0.0795 e. The van der Waals surface area contributed by atoms with E-state index in [4.69, 9.17) is 0 Å². The van der Waals surface area contributed by atoms with E-state index in [0.717, 1.165) is 18.4 Å². The molecule has 1 unspecified atom stereocenters. The molecule has 1 aromatic rings. The van der Waals surface area contributed by atoms with E-state index in [2.05, 4.69) is 19.1 Å². The lowest BCUT2D eigenvalue weighted by atomic mass is 10.1. The predicted octanol–water partition coefficient (Wildman–Crippen LogP) is 1.97. The van der Waals surface area contributed by atoms with Crippen LogP contribution in [0.4, 0.5) is 0 Å². The molecule has 0 aliphatic heterocycles. The number of aliphatic hydroxyl groups is 1. The van der Waals surface area contributed by atoms with Crippen molar-refractivity contribution < 1.29 is 5.11 Å². The first-order chi connectivity index (χ1) is 5.27. The highest BCUT2D eigenvalue weighted by Gasteiger charge is 2.18. The van der Waals surface area contributed by atoms with Gasteiger partial charge in [0.05, 0.1) is 6.10 Å². The van der Waals surface area contributed by atoms with Crippen LogP contribution < -0.4 is 0 Å². The fraction of sp³-hybridized carbons (Fsp3) is 0.400. The molecule has 11 heavy (non-hydrogen) atoms. The molecule has 0 radical (unpaired) electrons. The van der Waals surface area contributed by atoms with Crippen molar-refractivity contribution in [2.24, 2.45) is 0 Å². The maximum atomic E-state index is 9.47. The van der Waals surface area contributed by atoms with Gasteiger partial charge in [0.25, 0.3) is 0 Å². The molecule has 1 heteroatoms. The van der Waals surface area contributed by atoms with Gasteiger partial charge in [0.1, 0.15) is 0 Å². The highest BCUT2D eigenvalue weighted by atomic mass is 16.3. The van der Waals surface area contributed by atoms with Gasteiger partial charge in [-0.05, 0) is 30.9 Å². The minimum atomic E-state index is -0.203. The SMILES string of the molecule is Cc1ccc2c(c1)CCC2O. The summed E-state index contributed by atoms with van der Waals surface area (Å²) in [6.45, 7) is 2.09. The number of aliphatic hydroxyl groups excluding tert-OH is 1. The zero-order chi connectivity index (χ0) is 7.84. The Hall–Kier alpha value is -0.820. The quantitative estimate of drug-likeness (QED) is 0.596. The minimum Gasteiger partial charge on any atom is -0.388 e. The second kappa shape index (κ2) is 2.35. The number of hydrogen-bond donors (Lipinski definition) is 1. The van der Waals surface area contributed by atoms with Crippen LogP contribution in [0.3, 0.4) is 0 Å². The zero-order valence-electron chi connectivity index (χ0n) is 6.67. The largest absolute Gasteiger partial charge is 0.388 e. The first-order valence-corrected chi connectivity index (χ1v) is 4.05. The molecule has 0 aromatic heterocycles. The third-order valence-electron chi connectivity index (χ3n) is 2.34. The lowest BCUT2D eigenvalue weighted by molar-refractivity contribution is 0.180. The Morgan fingerprint density at radius 1 is 1.45 bits per heavy atom. The number of benzene rings is 1. The van der Waals surface area contributed by atoms with Crippen molar-refractivity contribution in [1.82, 2.24) is 0 Å². The van der Waals surface area contributed by atoms with Crippen LogP contribution in [0.2, 0.25) is 0 Å². The summed E-state index contributed by atoms with van der Waals surface area (Å²) in [5, 5.41) is 9.47. The summed E-state index contributed by atoms with van der Waals surface area (Å²) in [6, 6.07) is 6.28. The minimum absolute atomic E-state index is 0.203. The van der Waals surface area contributed by atoms with Crippen molar-refractivity contribution in [3.05, 3.63) is 34.9 Å². The average Bonchev–Trinajstić information content (AvgIpc) is 2.32. The summed E-state index contributed by atoms with van der Waals surface area (Å²) < 4.78 is 0. The van der Waals surface area contributed by atoms with Gasteiger partial charge in [-0.2, -0.15) is 0 Å². The molecule has 1 aromatic carbocycles. The first-order valence-electron chi connectivity index (χ1n) is 4.05. The van der Waals surface area contributed by atoms with E-state index >= 15 is 0 Å². The van der Waals surface area contributed by atoms with Crippen molar-refractivity contribution in [3.8, 4) is 0 Å². The zero-order valence-corrected chi connectivity index (χ0v) is 6.67. The monoisotopic (exact) mass is 148 g/mol. The van der Waals surface area contributed by atoms with E-state index in [1.54, 1.807) is 0 Å². The molecule has 0 amide bonds. The Morgan fingerprint density at radius 3 is 3.09 bits per heavy atom. The highest BCUT2D eigenvalue weighted by Crippen LogP contribution is 2.30. The first kappa shape index (κ1) is 6.86. The van der Waals surface area contributed by atoms with Crippen LogP contribution in [-0.2, 0) is 6.42 Å². The van der Waals surface area contributed by atoms with Crippen LogP contribution in [0.15, 0.2) is 18.2 Å². The fourth-order valence-electron chi connectivity index (χ4n) is 1.72. The van der Waals surface area contributed by atoms with Gasteiger partial charge < -0.3 is 5.11 Å². The molecule has 1 nitrogen and oxygen atoms in total. The Balaban J connectivity index is 2.50. The molecule has 1 aliphatic rings. The van der Waals surface area contributed by atoms with Crippen LogP contribution in [0.25, 0.3) is 0 Å². The fourth-order valence-corrected chi connectivity index (χ4v) is 1.72. The van der Waals surface area contributed by atoms with E-state index < -0.39 is 0 Å². The molecule has 58 valence electrons. The number of hydrogen-bond acceptors (Lipinski definition) is 1. The molecule has 1 aliphatic carbocycles. The molecule has 1 atom stereocenters. The summed E-state index contributed by atoms with van der Waals surface area (Å²) >= 11 is 0. The van der Waals surface area contributed by atoms with Crippen molar-refractivity contribution in [2.75, 3.05) is 0 Å². The van der Waals surface area contributed by atoms with E-state index in [1.165, 1.54) is 11.1 Å². The van der Waals surface area contributed by atoms with Gasteiger partial charge >= 0.3 is 0 Å². The third-order valence-corrected chi connectivity index (χ3v) is 2.34. The van der Waals surface area contributed by atoms with Gasteiger partial charge in [0, 0.05) is 0 Å². The van der Waals surface area contributed by atoms with Gasteiger partial charge in [0.15, 0.2) is 0 Å². The highest BCUT2D eigenvalue weighted by molar-refractivity contribution is 5.36. The van der Waals surface area contributed by atoms with Gasteiger partial charge in [-0.25, -0.2) is 0 Å². The predicted molar refractivity (Wildman–Crippen MR) is 44.5 cm³/mol. The molecule has 0 spiro atoms. The van der Waals surface area contributed by atoms with E-state index in [9.17, 15) is 5.11 Å². The van der Waals surface area contributed by atoms with Crippen LogP contribution in [0, 0.1) is 6.92 Å². The number of aryl methyl sites for hydroxylation is 2. The van der Waals surface area contributed by atoms with Crippen molar-refractivity contribution in [2.45, 2.75) is 25.9 Å². The summed E-state index contributed by atoms with van der Waals surface area (Å²) in [4.78, 5) is 0. The number of fused-ring (bicyclic) bond motifs is 1. The van der Waals surface area contributed by atoms with Gasteiger partial charge in [0.2, 0.25) is 0 Å². The topological polar surface area (TPSA) is 20.2 Å². The van der Waals surface area contributed by atoms with Crippen LogP contribution >= 0.6 is 0 Å². The van der Waals surface area contributed by atoms with Crippen molar-refractivity contribution >= 4 is 0 Å². The van der Waals surface area contributed by atoms with Gasteiger partial charge in [-0.3, -0.25) is 0 Å². The van der Waals surface area contributed by atoms with Crippen LogP contribution in [0.1, 0.15) is 29.2 Å². The molecule has 0 heterocycles. The Morgan fingerprint density at radius 2 is 2.27 bits per heavy atom. The van der Waals surface area contributed by atoms with Crippen LogP contribution in [0.5, 0.6) is 0 Å². The summed E-state index contributed by atoms with van der Waals surface area (Å²) in [5.41, 5.74) is 3.76. The third kappa shape index (κ3) is 1.05. The second-order valence-corrected chi connectivity index (χ2v) is 3.26. The molecule has 2 rings (SSSR count). The normalized spacial score (nSPS) is 21.8. The lowest BCUT2D eigenvalue weighted by Gasteiger charge is -2.02. The molecule has 0 fully saturated rings. The van der Waals surface area contributed by atoms with Crippen LogP contribution in [-0.4, -0.2) is 5.11 Å². The van der Waals surface area contributed by atoms with E-state index in [0.29, 0.717) is 0 Å². The number of rotatable bonds is 0. The second-order valence-electron chi connectivity index (χ2n) is 3.26. The molecule has 0 saturated heterocycles. The lowest BCUT2D eigenvalue weighted by Crippen LogP contribution is -1.89. The van der Waals surface area contributed by atoms with Crippen molar-refractivity contribution in [1.29, 1.82) is 0 Å². The Kier molecular flexibility index (Phi) is 1.46. The van der Waals surface area contributed by atoms with E-state index in [1.807, 2.05) is 6.07 Å². The van der Waals surface area contributed by atoms with Gasteiger partial charge in [-0.1, -0.05) is 23.8 Å². The molecular formula is C10H12O. The molecular weight excluding hydrogens is 136 g/mol.